The molecule has 0 unspecified atom stereocenters. The number of hydrogen-bond acceptors (Lipinski definition) is 8. The summed E-state index contributed by atoms with van der Waals surface area (Å²) >= 11 is 0. The zero-order chi connectivity index (χ0) is 15.3. The van der Waals surface area contributed by atoms with Crippen molar-refractivity contribution in [2.75, 3.05) is 59.1 Å². The second-order valence-corrected chi connectivity index (χ2v) is 5.25. The lowest BCUT2D eigenvalue weighted by Gasteiger charge is -2.06. The van der Waals surface area contributed by atoms with Crippen LogP contribution in [0.4, 0.5) is 0 Å². The zero-order valence-corrected chi connectivity index (χ0v) is 12.6. The molecule has 0 bridgehead atoms. The van der Waals surface area contributed by atoms with Gasteiger partial charge in [0.15, 0.2) is 0 Å². The predicted octanol–water partition coefficient (Wildman–Crippen LogP) is -0.424. The van der Waals surface area contributed by atoms with Gasteiger partial charge in [0.1, 0.15) is 6.61 Å². The monoisotopic (exact) mass is 314 g/mol. The molecule has 120 valence electrons. The summed E-state index contributed by atoms with van der Waals surface area (Å²) in [6.45, 7) is 3.43. The topological polar surface area (TPSA) is 97.4 Å². The first-order valence-electron chi connectivity index (χ1n) is 6.19. The van der Waals surface area contributed by atoms with Gasteiger partial charge < -0.3 is 18.9 Å². The van der Waals surface area contributed by atoms with Crippen LogP contribution in [0.25, 0.3) is 0 Å². The summed E-state index contributed by atoms with van der Waals surface area (Å²) in [6.07, 6.45) is 0.979. The highest BCUT2D eigenvalue weighted by Crippen LogP contribution is 1.87. The lowest BCUT2D eigenvalue weighted by molar-refractivity contribution is -0.148. The molecule has 0 N–H and O–H groups in total. The fourth-order valence-electron chi connectivity index (χ4n) is 1.04. The predicted molar refractivity (Wildman–Crippen MR) is 69.9 cm³/mol. The zero-order valence-electron chi connectivity index (χ0n) is 11.8. The maximum atomic E-state index is 10.9. The molecule has 0 aromatic heterocycles. The fourth-order valence-corrected chi connectivity index (χ4v) is 1.41. The van der Waals surface area contributed by atoms with Crippen LogP contribution in [0.2, 0.25) is 0 Å². The molecular formula is C11H22O8S. The molecule has 0 heterocycles. The van der Waals surface area contributed by atoms with Crippen LogP contribution in [0.3, 0.4) is 0 Å². The standard InChI is InChI=1S/C11H22O8S/c1-3-18-11(12)10-17-7-6-15-4-5-16-8-9-19-20(2,13)14/h3-10H2,1-2H3. The summed E-state index contributed by atoms with van der Waals surface area (Å²) in [5, 5.41) is 0. The molecule has 0 spiro atoms. The van der Waals surface area contributed by atoms with Crippen LogP contribution in [-0.4, -0.2) is 73.5 Å². The first kappa shape index (κ1) is 19.3. The molecule has 20 heavy (non-hydrogen) atoms. The van der Waals surface area contributed by atoms with Gasteiger partial charge in [-0.15, -0.1) is 0 Å². The summed E-state index contributed by atoms with van der Waals surface area (Å²) in [4.78, 5) is 10.9. The van der Waals surface area contributed by atoms with E-state index >= 15 is 0 Å². The number of hydrogen-bond donors (Lipinski definition) is 0. The van der Waals surface area contributed by atoms with Crippen molar-refractivity contribution < 1.29 is 36.3 Å². The highest BCUT2D eigenvalue weighted by atomic mass is 32.2. The van der Waals surface area contributed by atoms with E-state index in [1.807, 2.05) is 0 Å². The van der Waals surface area contributed by atoms with Gasteiger partial charge in [-0.25, -0.2) is 4.79 Å². The van der Waals surface area contributed by atoms with E-state index in [-0.39, 0.29) is 26.4 Å². The summed E-state index contributed by atoms with van der Waals surface area (Å²) in [5.41, 5.74) is 0. The normalized spacial score (nSPS) is 11.5. The van der Waals surface area contributed by atoms with Gasteiger partial charge in [-0.1, -0.05) is 0 Å². The third-order valence-electron chi connectivity index (χ3n) is 1.79. The van der Waals surface area contributed by atoms with Crippen LogP contribution in [0.1, 0.15) is 6.92 Å². The molecule has 0 amide bonds. The Morgan fingerprint density at radius 3 is 1.90 bits per heavy atom. The SMILES string of the molecule is CCOC(=O)COCCOCCOCCOS(C)(=O)=O. The fraction of sp³-hybridized carbons (Fsp3) is 0.909. The van der Waals surface area contributed by atoms with Gasteiger partial charge in [-0.05, 0) is 6.92 Å². The summed E-state index contributed by atoms with van der Waals surface area (Å²) in [7, 11) is -3.41. The molecule has 9 heteroatoms. The smallest absolute Gasteiger partial charge is 0.332 e. The Labute approximate surface area is 119 Å². The average molecular weight is 314 g/mol. The number of carbonyl (C=O) groups excluding carboxylic acids is 1. The van der Waals surface area contributed by atoms with Crippen LogP contribution < -0.4 is 0 Å². The molecule has 0 aromatic rings. The highest BCUT2D eigenvalue weighted by molar-refractivity contribution is 7.85. The van der Waals surface area contributed by atoms with Crippen molar-refractivity contribution in [2.45, 2.75) is 6.92 Å². The van der Waals surface area contributed by atoms with Gasteiger partial charge in [-0.2, -0.15) is 8.42 Å². The Morgan fingerprint density at radius 1 is 0.900 bits per heavy atom. The van der Waals surface area contributed by atoms with Crippen LogP contribution >= 0.6 is 0 Å². The van der Waals surface area contributed by atoms with Crippen LogP contribution in [0.15, 0.2) is 0 Å². The van der Waals surface area contributed by atoms with Crippen molar-refractivity contribution in [2.24, 2.45) is 0 Å². The molecule has 0 fully saturated rings. The van der Waals surface area contributed by atoms with Crippen molar-refractivity contribution in [1.29, 1.82) is 0 Å². The van der Waals surface area contributed by atoms with Gasteiger partial charge in [0.05, 0.1) is 52.5 Å². The summed E-state index contributed by atoms with van der Waals surface area (Å²) in [6, 6.07) is 0. The first-order valence-corrected chi connectivity index (χ1v) is 8.00. The number of esters is 1. The second kappa shape index (κ2) is 12.0. The maximum absolute atomic E-state index is 10.9. The van der Waals surface area contributed by atoms with E-state index in [1.165, 1.54) is 0 Å². The minimum absolute atomic E-state index is 0.0124. The van der Waals surface area contributed by atoms with Gasteiger partial charge >= 0.3 is 5.97 Å². The Kier molecular flexibility index (Phi) is 11.6. The molecule has 8 nitrogen and oxygen atoms in total. The van der Waals surface area contributed by atoms with E-state index in [0.717, 1.165) is 6.26 Å². The van der Waals surface area contributed by atoms with E-state index in [9.17, 15) is 13.2 Å². The Balaban J connectivity index is 3.15. The molecule has 0 rings (SSSR count). The Bertz CT molecular complexity index is 340. The number of ether oxygens (including phenoxy) is 4. The van der Waals surface area contributed by atoms with E-state index in [2.05, 4.69) is 8.92 Å². The van der Waals surface area contributed by atoms with Gasteiger partial charge in [0.2, 0.25) is 0 Å². The molecular weight excluding hydrogens is 292 g/mol. The van der Waals surface area contributed by atoms with Crippen molar-refractivity contribution in [1.82, 2.24) is 0 Å². The molecule has 0 saturated heterocycles. The van der Waals surface area contributed by atoms with E-state index < -0.39 is 16.1 Å². The first-order chi connectivity index (χ1) is 9.45. The molecule has 0 atom stereocenters. The minimum Gasteiger partial charge on any atom is -0.464 e. The Morgan fingerprint density at radius 2 is 1.40 bits per heavy atom. The summed E-state index contributed by atoms with van der Waals surface area (Å²) < 4.78 is 45.6. The second-order valence-electron chi connectivity index (χ2n) is 3.61. The molecule has 0 aliphatic heterocycles. The van der Waals surface area contributed by atoms with Gasteiger partial charge in [0.25, 0.3) is 10.1 Å². The van der Waals surface area contributed by atoms with Crippen LogP contribution in [-0.2, 0) is 38.0 Å². The van der Waals surface area contributed by atoms with Crippen molar-refractivity contribution >= 4 is 16.1 Å². The third kappa shape index (κ3) is 15.3. The summed E-state index contributed by atoms with van der Waals surface area (Å²) in [5.74, 6) is -0.401. The van der Waals surface area contributed by atoms with Crippen LogP contribution in [0.5, 0.6) is 0 Å². The quantitative estimate of drug-likeness (QED) is 0.257. The minimum atomic E-state index is -3.41. The lowest BCUT2D eigenvalue weighted by Crippen LogP contribution is -2.16. The molecule has 0 radical (unpaired) electrons. The number of rotatable bonds is 13. The highest BCUT2D eigenvalue weighted by Gasteiger charge is 2.01. The maximum Gasteiger partial charge on any atom is 0.332 e. The molecule has 0 saturated carbocycles. The van der Waals surface area contributed by atoms with E-state index in [0.29, 0.717) is 26.4 Å². The largest absolute Gasteiger partial charge is 0.464 e. The van der Waals surface area contributed by atoms with E-state index in [4.69, 9.17) is 14.2 Å². The molecule has 0 aliphatic carbocycles. The Hall–Kier alpha value is -0.740. The number of carbonyl (C=O) groups is 1. The van der Waals surface area contributed by atoms with E-state index in [1.54, 1.807) is 6.92 Å². The van der Waals surface area contributed by atoms with Crippen molar-refractivity contribution in [3.63, 3.8) is 0 Å². The van der Waals surface area contributed by atoms with Crippen molar-refractivity contribution in [3.05, 3.63) is 0 Å². The average Bonchev–Trinajstić information content (AvgIpc) is 2.35. The van der Waals surface area contributed by atoms with Crippen LogP contribution in [0, 0.1) is 0 Å². The third-order valence-corrected chi connectivity index (χ3v) is 2.39. The van der Waals surface area contributed by atoms with Gasteiger partial charge in [-0.3, -0.25) is 4.18 Å². The van der Waals surface area contributed by atoms with Crippen molar-refractivity contribution in [3.8, 4) is 0 Å². The molecule has 0 aromatic carbocycles. The molecule has 0 aliphatic rings. The van der Waals surface area contributed by atoms with Gasteiger partial charge in [0, 0.05) is 0 Å². The lowest BCUT2D eigenvalue weighted by atomic mass is 10.7.